The number of nitrogens with one attached hydrogen (secondary N) is 2. The molecule has 2 aromatic rings. The number of carbonyl (C=O) groups excluding carboxylic acids is 1. The van der Waals surface area contributed by atoms with E-state index < -0.39 is 15.9 Å². The third-order valence-electron chi connectivity index (χ3n) is 3.43. The number of hydrazine groups is 1. The first-order valence-electron chi connectivity index (χ1n) is 7.32. The van der Waals surface area contributed by atoms with Crippen LogP contribution in [0.25, 0.3) is 0 Å². The number of nitrogens with zero attached hydrogens (tertiary/aromatic N) is 2. The zero-order valence-corrected chi connectivity index (χ0v) is 16.2. The molecule has 134 valence electrons. The Hall–Kier alpha value is -1.53. The third-order valence-corrected chi connectivity index (χ3v) is 6.12. The van der Waals surface area contributed by atoms with E-state index in [2.05, 4.69) is 31.2 Å². The van der Waals surface area contributed by atoms with Crippen LogP contribution in [0.5, 0.6) is 0 Å². The Balaban J connectivity index is 1.62. The van der Waals surface area contributed by atoms with Crippen molar-refractivity contribution in [3.8, 4) is 0 Å². The molecule has 1 amide bonds. The summed E-state index contributed by atoms with van der Waals surface area (Å²) >= 11 is 4.57. The molecule has 1 aliphatic heterocycles. The molecule has 1 aromatic heterocycles. The molecule has 25 heavy (non-hydrogen) atoms. The minimum atomic E-state index is -3.85. The number of morpholine rings is 1. The van der Waals surface area contributed by atoms with Gasteiger partial charge in [0, 0.05) is 22.9 Å². The van der Waals surface area contributed by atoms with E-state index in [0.717, 1.165) is 4.47 Å². The molecule has 8 nitrogen and oxygen atoms in total. The monoisotopic (exact) mass is 446 g/mol. The second kappa shape index (κ2) is 7.79. The lowest BCUT2D eigenvalue weighted by atomic mass is 10.4. The summed E-state index contributed by atoms with van der Waals surface area (Å²) in [6, 6.07) is 6.06. The van der Waals surface area contributed by atoms with E-state index in [1.165, 1.54) is 23.5 Å². The zero-order chi connectivity index (χ0) is 17.9. The van der Waals surface area contributed by atoms with Crippen molar-refractivity contribution in [3.05, 3.63) is 39.8 Å². The van der Waals surface area contributed by atoms with Gasteiger partial charge in [-0.2, -0.15) is 0 Å². The number of hydrogen-bond donors (Lipinski definition) is 2. The molecular weight excluding hydrogens is 432 g/mol. The fourth-order valence-electron chi connectivity index (χ4n) is 2.12. The van der Waals surface area contributed by atoms with E-state index >= 15 is 0 Å². The van der Waals surface area contributed by atoms with E-state index in [1.54, 1.807) is 17.5 Å². The van der Waals surface area contributed by atoms with Crippen LogP contribution in [0.3, 0.4) is 0 Å². The van der Waals surface area contributed by atoms with Crippen LogP contribution in [0.15, 0.2) is 39.0 Å². The van der Waals surface area contributed by atoms with Gasteiger partial charge in [0.2, 0.25) is 0 Å². The van der Waals surface area contributed by atoms with Crippen molar-refractivity contribution in [3.63, 3.8) is 0 Å². The lowest BCUT2D eigenvalue weighted by Gasteiger charge is -2.25. The van der Waals surface area contributed by atoms with E-state index in [-0.39, 0.29) is 10.6 Å². The molecule has 0 bridgehead atoms. The lowest BCUT2D eigenvalue weighted by Crippen LogP contribution is -2.41. The summed E-state index contributed by atoms with van der Waals surface area (Å²) in [5.74, 6) is -0.614. The molecule has 2 N–H and O–H groups in total. The van der Waals surface area contributed by atoms with Crippen molar-refractivity contribution in [2.45, 2.75) is 4.90 Å². The summed E-state index contributed by atoms with van der Waals surface area (Å²) in [5.41, 5.74) is 2.34. The minimum Gasteiger partial charge on any atom is -0.378 e. The van der Waals surface area contributed by atoms with Crippen molar-refractivity contribution in [1.29, 1.82) is 0 Å². The lowest BCUT2D eigenvalue weighted by molar-refractivity contribution is 0.0940. The van der Waals surface area contributed by atoms with Crippen LogP contribution in [0.2, 0.25) is 0 Å². The fraction of sp³-hybridized carbons (Fsp3) is 0.286. The molecule has 1 aliphatic rings. The molecule has 11 heteroatoms. The van der Waals surface area contributed by atoms with Gasteiger partial charge < -0.3 is 9.64 Å². The van der Waals surface area contributed by atoms with Crippen molar-refractivity contribution >= 4 is 48.3 Å². The average molecular weight is 447 g/mol. The number of anilines is 1. The summed E-state index contributed by atoms with van der Waals surface area (Å²) in [5, 5.41) is 2.30. The van der Waals surface area contributed by atoms with Crippen molar-refractivity contribution in [2.75, 3.05) is 31.2 Å². The van der Waals surface area contributed by atoms with Crippen molar-refractivity contribution in [1.82, 2.24) is 15.2 Å². The van der Waals surface area contributed by atoms with Crippen LogP contribution in [0, 0.1) is 0 Å². The highest BCUT2D eigenvalue weighted by Crippen LogP contribution is 2.21. The number of hydrogen-bond acceptors (Lipinski definition) is 7. The summed E-state index contributed by atoms with van der Waals surface area (Å²) in [6.45, 7) is 2.66. The number of aromatic nitrogens is 1. The Kier molecular flexibility index (Phi) is 5.69. The summed E-state index contributed by atoms with van der Waals surface area (Å²) < 4.78 is 30.3. The van der Waals surface area contributed by atoms with Crippen LogP contribution >= 0.6 is 27.3 Å². The van der Waals surface area contributed by atoms with Crippen LogP contribution in [0.1, 0.15) is 10.5 Å². The number of rotatable bonds is 5. The Morgan fingerprint density at radius 1 is 1.24 bits per heavy atom. The van der Waals surface area contributed by atoms with Gasteiger partial charge >= 0.3 is 0 Å². The second-order valence-corrected chi connectivity index (χ2v) is 8.56. The first kappa shape index (κ1) is 18.3. The quantitative estimate of drug-likeness (QED) is 0.672. The van der Waals surface area contributed by atoms with Gasteiger partial charge in [-0.1, -0.05) is 15.9 Å². The standard InChI is InChI=1S/C14H15BrN4O4S2/c15-10-1-3-11(4-2-10)25(21,22)18-17-13(20)12-9-24-14(16-12)19-5-7-23-8-6-19/h1-4,9,18H,5-8H2,(H,17,20). The number of carbonyl (C=O) groups is 1. The number of ether oxygens (including phenoxy) is 1. The first-order chi connectivity index (χ1) is 12.0. The smallest absolute Gasteiger partial charge is 0.285 e. The normalized spacial score (nSPS) is 15.2. The van der Waals surface area contributed by atoms with Crippen LogP contribution in [-0.4, -0.2) is 45.6 Å². The second-order valence-electron chi connectivity index (χ2n) is 5.13. The number of amides is 1. The Morgan fingerprint density at radius 3 is 2.60 bits per heavy atom. The van der Waals surface area contributed by atoms with Crippen molar-refractivity contribution in [2.24, 2.45) is 0 Å². The van der Waals surface area contributed by atoms with E-state index in [0.29, 0.717) is 31.4 Å². The van der Waals surface area contributed by atoms with Gasteiger partial charge in [0.1, 0.15) is 5.69 Å². The highest BCUT2D eigenvalue weighted by atomic mass is 79.9. The maximum Gasteiger partial charge on any atom is 0.285 e. The molecule has 0 saturated carbocycles. The fourth-order valence-corrected chi connectivity index (χ4v) is 4.08. The molecular formula is C14H15BrN4O4S2. The Bertz CT molecular complexity index is 848. The summed E-state index contributed by atoms with van der Waals surface area (Å²) in [4.78, 5) is 20.5. The van der Waals surface area contributed by atoms with E-state index in [4.69, 9.17) is 4.74 Å². The topological polar surface area (TPSA) is 101 Å². The molecule has 0 atom stereocenters. The van der Waals surface area contributed by atoms with Crippen LogP contribution in [-0.2, 0) is 14.8 Å². The number of benzene rings is 1. The maximum atomic E-state index is 12.2. The molecule has 2 heterocycles. The largest absolute Gasteiger partial charge is 0.378 e. The predicted molar refractivity (Wildman–Crippen MR) is 97.1 cm³/mol. The Labute approximate surface area is 157 Å². The SMILES string of the molecule is O=C(NNS(=O)(=O)c1ccc(Br)cc1)c1csc(N2CCOCC2)n1. The highest BCUT2D eigenvalue weighted by molar-refractivity contribution is 9.10. The van der Waals surface area contributed by atoms with Gasteiger partial charge in [0.05, 0.1) is 18.1 Å². The van der Waals surface area contributed by atoms with Gasteiger partial charge in [-0.25, -0.2) is 13.4 Å². The highest BCUT2D eigenvalue weighted by Gasteiger charge is 2.19. The van der Waals surface area contributed by atoms with Crippen LogP contribution < -0.4 is 15.2 Å². The van der Waals surface area contributed by atoms with Crippen molar-refractivity contribution < 1.29 is 17.9 Å². The first-order valence-corrected chi connectivity index (χ1v) is 10.5. The van der Waals surface area contributed by atoms with Gasteiger partial charge in [-0.3, -0.25) is 10.2 Å². The number of sulfonamides is 1. The van der Waals surface area contributed by atoms with Gasteiger partial charge in [0.15, 0.2) is 5.13 Å². The summed E-state index contributed by atoms with van der Waals surface area (Å²) in [6.07, 6.45) is 0. The van der Waals surface area contributed by atoms with E-state index in [9.17, 15) is 13.2 Å². The Morgan fingerprint density at radius 2 is 1.92 bits per heavy atom. The molecule has 0 unspecified atom stereocenters. The third kappa shape index (κ3) is 4.55. The predicted octanol–water partition coefficient (Wildman–Crippen LogP) is 1.37. The van der Waals surface area contributed by atoms with E-state index in [1.807, 2.05) is 4.90 Å². The zero-order valence-electron chi connectivity index (χ0n) is 12.9. The number of thiazole rings is 1. The molecule has 0 spiro atoms. The molecule has 1 saturated heterocycles. The molecule has 3 rings (SSSR count). The maximum absolute atomic E-state index is 12.2. The van der Waals surface area contributed by atoms with Gasteiger partial charge in [0.25, 0.3) is 15.9 Å². The van der Waals surface area contributed by atoms with Gasteiger partial charge in [-0.05, 0) is 24.3 Å². The summed E-state index contributed by atoms with van der Waals surface area (Å²) in [7, 11) is -3.85. The molecule has 0 aliphatic carbocycles. The molecule has 1 aromatic carbocycles. The average Bonchev–Trinajstić information content (AvgIpc) is 3.11. The molecule has 0 radical (unpaired) electrons. The number of halogens is 1. The molecule has 1 fully saturated rings. The van der Waals surface area contributed by atoms with Crippen LogP contribution in [0.4, 0.5) is 5.13 Å². The van der Waals surface area contributed by atoms with Gasteiger partial charge in [-0.15, -0.1) is 16.2 Å². The minimum absolute atomic E-state index is 0.0447.